The predicted octanol–water partition coefficient (Wildman–Crippen LogP) is 0.959. The molecule has 0 bridgehead atoms. The number of nitrogens with one attached hydrogen (secondary N) is 2. The summed E-state index contributed by atoms with van der Waals surface area (Å²) in [5, 5.41) is 12.9. The first-order chi connectivity index (χ1) is 12.2. The first kappa shape index (κ1) is 16.8. The van der Waals surface area contributed by atoms with Crippen molar-refractivity contribution in [1.82, 2.24) is 25.3 Å². The van der Waals surface area contributed by atoms with Gasteiger partial charge in [0.25, 0.3) is 0 Å². The van der Waals surface area contributed by atoms with E-state index < -0.39 is 0 Å². The number of carbonyl (C=O) groups is 1. The molecule has 0 radical (unpaired) electrons. The topological polar surface area (TPSA) is 62.2 Å². The van der Waals surface area contributed by atoms with Crippen LogP contribution in [-0.2, 0) is 24.8 Å². The van der Waals surface area contributed by atoms with Crippen LogP contribution in [0.1, 0.15) is 21.9 Å². The van der Waals surface area contributed by atoms with Gasteiger partial charge in [-0.1, -0.05) is 0 Å². The van der Waals surface area contributed by atoms with E-state index in [2.05, 4.69) is 32.1 Å². The number of hydrogen-bond donors (Lipinski definition) is 2. The number of aryl methyl sites for hydroxylation is 1. The molecular formula is C18H25N5OS. The fourth-order valence-electron chi connectivity index (χ4n) is 3.90. The maximum atomic E-state index is 12.6. The van der Waals surface area contributed by atoms with Gasteiger partial charge in [-0.2, -0.15) is 5.10 Å². The lowest BCUT2D eigenvalue weighted by Crippen LogP contribution is -2.40. The summed E-state index contributed by atoms with van der Waals surface area (Å²) in [4.78, 5) is 16.6. The predicted molar refractivity (Wildman–Crippen MR) is 98.6 cm³/mol. The summed E-state index contributed by atoms with van der Waals surface area (Å²) in [6, 6.07) is 2.23. The molecule has 2 aromatic heterocycles. The van der Waals surface area contributed by atoms with Crippen LogP contribution in [-0.4, -0.2) is 53.3 Å². The van der Waals surface area contributed by atoms with Crippen LogP contribution >= 0.6 is 11.3 Å². The zero-order valence-corrected chi connectivity index (χ0v) is 15.4. The maximum Gasteiger partial charge on any atom is 0.225 e. The van der Waals surface area contributed by atoms with E-state index in [1.54, 1.807) is 4.68 Å². The number of nitrogens with zero attached hydrogens (tertiary/aromatic N) is 3. The van der Waals surface area contributed by atoms with Crippen molar-refractivity contribution in [3.63, 3.8) is 0 Å². The van der Waals surface area contributed by atoms with Crippen molar-refractivity contribution in [3.8, 4) is 0 Å². The molecule has 0 unspecified atom stereocenters. The molecule has 6 nitrogen and oxygen atoms in total. The van der Waals surface area contributed by atoms with E-state index in [0.717, 1.165) is 44.7 Å². The van der Waals surface area contributed by atoms with Gasteiger partial charge >= 0.3 is 0 Å². The molecule has 4 heterocycles. The van der Waals surface area contributed by atoms with Crippen LogP contribution < -0.4 is 10.6 Å². The second kappa shape index (κ2) is 7.27. The zero-order chi connectivity index (χ0) is 17.2. The molecule has 1 amide bonds. The van der Waals surface area contributed by atoms with E-state index in [9.17, 15) is 4.79 Å². The molecule has 1 saturated heterocycles. The Labute approximate surface area is 152 Å². The molecule has 0 saturated carbocycles. The van der Waals surface area contributed by atoms with Crippen molar-refractivity contribution in [2.75, 3.05) is 32.7 Å². The summed E-state index contributed by atoms with van der Waals surface area (Å²) < 4.78 is 1.80. The molecule has 25 heavy (non-hydrogen) atoms. The van der Waals surface area contributed by atoms with E-state index >= 15 is 0 Å². The van der Waals surface area contributed by atoms with Gasteiger partial charge in [0.15, 0.2) is 0 Å². The minimum Gasteiger partial charge on any atom is -0.355 e. The molecule has 2 aliphatic heterocycles. The van der Waals surface area contributed by atoms with Crippen molar-refractivity contribution >= 4 is 17.2 Å². The molecule has 1 fully saturated rings. The zero-order valence-electron chi connectivity index (χ0n) is 14.6. The van der Waals surface area contributed by atoms with Gasteiger partial charge in [-0.3, -0.25) is 14.4 Å². The summed E-state index contributed by atoms with van der Waals surface area (Å²) in [6.07, 6.45) is 5.03. The molecule has 7 heteroatoms. The highest BCUT2D eigenvalue weighted by Gasteiger charge is 2.34. The first-order valence-electron chi connectivity index (χ1n) is 8.95. The van der Waals surface area contributed by atoms with Gasteiger partial charge in [-0.05, 0) is 29.0 Å². The van der Waals surface area contributed by atoms with Gasteiger partial charge in [0.2, 0.25) is 5.91 Å². The quantitative estimate of drug-likeness (QED) is 0.835. The highest BCUT2D eigenvalue weighted by atomic mass is 32.1. The molecular weight excluding hydrogens is 334 g/mol. The Morgan fingerprint density at radius 3 is 3.24 bits per heavy atom. The van der Waals surface area contributed by atoms with Crippen LogP contribution in [0, 0.1) is 5.92 Å². The third-order valence-electron chi connectivity index (χ3n) is 5.32. The van der Waals surface area contributed by atoms with Crippen LogP contribution in [0.4, 0.5) is 0 Å². The molecule has 0 spiro atoms. The third-order valence-corrected chi connectivity index (χ3v) is 6.34. The summed E-state index contributed by atoms with van der Waals surface area (Å²) in [6.45, 7) is 5.32. The van der Waals surface area contributed by atoms with Gasteiger partial charge in [0.1, 0.15) is 0 Å². The summed E-state index contributed by atoms with van der Waals surface area (Å²) in [5.74, 6) is 0.373. The lowest BCUT2D eigenvalue weighted by atomic mass is 9.90. The monoisotopic (exact) mass is 359 g/mol. The smallest absolute Gasteiger partial charge is 0.225 e. The van der Waals surface area contributed by atoms with Crippen molar-refractivity contribution in [2.45, 2.75) is 18.9 Å². The summed E-state index contributed by atoms with van der Waals surface area (Å²) in [5.41, 5.74) is 2.60. The normalized spacial score (nSPS) is 23.6. The second-order valence-corrected chi connectivity index (χ2v) is 8.01. The van der Waals surface area contributed by atoms with Gasteiger partial charge < -0.3 is 10.6 Å². The summed E-state index contributed by atoms with van der Waals surface area (Å²) >= 11 is 1.86. The molecule has 134 valence electrons. The second-order valence-electron chi connectivity index (χ2n) is 7.00. The molecule has 0 aliphatic carbocycles. The SMILES string of the molecule is Cn1cc([C@H]2CNC[C@@H]2C(=O)NCCN2CCc3sccc3C2)cn1. The molecule has 2 aromatic rings. The Hall–Kier alpha value is -1.70. The minimum atomic E-state index is -0.00553. The van der Waals surface area contributed by atoms with Gasteiger partial charge in [-0.25, -0.2) is 0 Å². The lowest BCUT2D eigenvalue weighted by Gasteiger charge is -2.27. The number of hydrogen-bond acceptors (Lipinski definition) is 5. The number of thiophene rings is 1. The van der Waals surface area contributed by atoms with Crippen molar-refractivity contribution in [1.29, 1.82) is 0 Å². The largest absolute Gasteiger partial charge is 0.355 e. The fourth-order valence-corrected chi connectivity index (χ4v) is 4.79. The number of aromatic nitrogens is 2. The third kappa shape index (κ3) is 3.63. The average Bonchev–Trinajstić information content (AvgIpc) is 3.34. The molecule has 0 aromatic carbocycles. The van der Waals surface area contributed by atoms with Crippen LogP contribution in [0.15, 0.2) is 23.8 Å². The van der Waals surface area contributed by atoms with E-state index in [1.807, 2.05) is 30.8 Å². The number of amides is 1. The van der Waals surface area contributed by atoms with Crippen molar-refractivity contribution in [3.05, 3.63) is 39.8 Å². The Morgan fingerprint density at radius 2 is 2.40 bits per heavy atom. The number of fused-ring (bicyclic) bond motifs is 1. The van der Waals surface area contributed by atoms with Crippen LogP contribution in [0.25, 0.3) is 0 Å². The Bertz CT molecular complexity index is 739. The average molecular weight is 359 g/mol. The van der Waals surface area contributed by atoms with E-state index in [4.69, 9.17) is 0 Å². The Kier molecular flexibility index (Phi) is 4.87. The standard InChI is InChI=1S/C18H25N5OS/c1-22-11-14(8-21-22)15-9-19-10-16(15)18(24)20-4-6-23-5-2-17-13(12-23)3-7-25-17/h3,7-8,11,15-16,19H,2,4-6,9-10,12H2,1H3,(H,20,24)/t15-,16+/m1/s1. The maximum absolute atomic E-state index is 12.6. The number of rotatable bonds is 5. The van der Waals surface area contributed by atoms with E-state index in [0.29, 0.717) is 6.54 Å². The van der Waals surface area contributed by atoms with Gasteiger partial charge in [-0.15, -0.1) is 11.3 Å². The Balaban J connectivity index is 1.27. The van der Waals surface area contributed by atoms with E-state index in [1.165, 1.54) is 10.4 Å². The molecule has 4 rings (SSSR count). The van der Waals surface area contributed by atoms with Gasteiger partial charge in [0.05, 0.1) is 12.1 Å². The van der Waals surface area contributed by atoms with Crippen molar-refractivity contribution < 1.29 is 4.79 Å². The number of carbonyl (C=O) groups excluding carboxylic acids is 1. The highest BCUT2D eigenvalue weighted by molar-refractivity contribution is 7.10. The minimum absolute atomic E-state index is 0.00553. The molecule has 2 N–H and O–H groups in total. The van der Waals surface area contributed by atoms with Gasteiger partial charge in [0, 0.05) is 63.3 Å². The van der Waals surface area contributed by atoms with Crippen LogP contribution in [0.2, 0.25) is 0 Å². The van der Waals surface area contributed by atoms with Crippen LogP contribution in [0.5, 0.6) is 0 Å². The molecule has 2 atom stereocenters. The lowest BCUT2D eigenvalue weighted by molar-refractivity contribution is -0.124. The van der Waals surface area contributed by atoms with E-state index in [-0.39, 0.29) is 17.7 Å². The summed E-state index contributed by atoms with van der Waals surface area (Å²) in [7, 11) is 1.92. The van der Waals surface area contributed by atoms with Crippen LogP contribution in [0.3, 0.4) is 0 Å². The first-order valence-corrected chi connectivity index (χ1v) is 9.83. The fraction of sp³-hybridized carbons (Fsp3) is 0.556. The molecule has 2 aliphatic rings. The highest BCUT2D eigenvalue weighted by Crippen LogP contribution is 2.28. The Morgan fingerprint density at radius 1 is 1.48 bits per heavy atom. The van der Waals surface area contributed by atoms with Crippen molar-refractivity contribution in [2.24, 2.45) is 13.0 Å².